The highest BCUT2D eigenvalue weighted by Gasteiger charge is 2.38. The summed E-state index contributed by atoms with van der Waals surface area (Å²) >= 11 is 0. The van der Waals surface area contributed by atoms with Gasteiger partial charge in [0.05, 0.1) is 11.1 Å². The third-order valence-electron chi connectivity index (χ3n) is 7.47. The molecule has 4 rings (SSSR count). The molecule has 0 radical (unpaired) electrons. The Hall–Kier alpha value is -4.18. The number of hydrogen-bond acceptors (Lipinski definition) is 4. The lowest BCUT2D eigenvalue weighted by Gasteiger charge is -2.37. The van der Waals surface area contributed by atoms with Crippen molar-refractivity contribution in [2.45, 2.75) is 51.7 Å². The molecule has 0 saturated heterocycles. The van der Waals surface area contributed by atoms with E-state index in [0.717, 1.165) is 11.1 Å². The lowest BCUT2D eigenvalue weighted by atomic mass is 9.75. The van der Waals surface area contributed by atoms with Crippen molar-refractivity contribution < 1.29 is 19.1 Å². The van der Waals surface area contributed by atoms with Gasteiger partial charge < -0.3 is 9.47 Å². The second kappa shape index (κ2) is 14.8. The van der Waals surface area contributed by atoms with Gasteiger partial charge in [0.2, 0.25) is 0 Å². The molecule has 0 amide bonds. The molecule has 0 saturated carbocycles. The first-order chi connectivity index (χ1) is 19.6. The van der Waals surface area contributed by atoms with Crippen molar-refractivity contribution in [1.29, 1.82) is 0 Å². The number of esters is 2. The van der Waals surface area contributed by atoms with Crippen LogP contribution < -0.4 is 0 Å². The molecule has 0 aromatic heterocycles. The van der Waals surface area contributed by atoms with E-state index < -0.39 is 0 Å². The Bertz CT molecular complexity index is 1200. The molecule has 4 aromatic carbocycles. The standard InChI is InChI=1S/C36H38O4/c1-3-33(39-35(37)29-21-13-7-14-22-29)31(25-27-17-9-5-10-18-27)32(26-28-19-11-6-12-20-28)34(4-2)40-36(38)30-23-15-8-16-24-30/h5-24,31-34H,3-4,25-26H2,1-2H3. The van der Waals surface area contributed by atoms with E-state index in [0.29, 0.717) is 36.8 Å². The maximum absolute atomic E-state index is 13.2. The van der Waals surface area contributed by atoms with Crippen molar-refractivity contribution in [3.63, 3.8) is 0 Å². The van der Waals surface area contributed by atoms with Crippen LogP contribution in [0.5, 0.6) is 0 Å². The molecule has 4 heteroatoms. The predicted octanol–water partition coefficient (Wildman–Crippen LogP) is 7.98. The van der Waals surface area contributed by atoms with Gasteiger partial charge in [0.15, 0.2) is 0 Å². The lowest BCUT2D eigenvalue weighted by molar-refractivity contribution is -0.0349. The maximum Gasteiger partial charge on any atom is 0.338 e. The van der Waals surface area contributed by atoms with Crippen molar-refractivity contribution in [3.05, 3.63) is 144 Å². The lowest BCUT2D eigenvalue weighted by Crippen LogP contribution is -2.41. The zero-order valence-corrected chi connectivity index (χ0v) is 23.3. The van der Waals surface area contributed by atoms with Gasteiger partial charge in [-0.15, -0.1) is 0 Å². The first-order valence-electron chi connectivity index (χ1n) is 14.2. The SMILES string of the molecule is CCC(OC(=O)c1ccccc1)C(Cc1ccccc1)C(Cc1ccccc1)C(CC)OC(=O)c1ccccc1. The minimum absolute atomic E-state index is 0.0891. The van der Waals surface area contributed by atoms with Crippen LogP contribution in [0.25, 0.3) is 0 Å². The van der Waals surface area contributed by atoms with Crippen LogP contribution in [0.4, 0.5) is 0 Å². The number of carbonyl (C=O) groups is 2. The Morgan fingerprint density at radius 3 is 1.10 bits per heavy atom. The quantitative estimate of drug-likeness (QED) is 0.163. The van der Waals surface area contributed by atoms with Crippen LogP contribution in [0.15, 0.2) is 121 Å². The van der Waals surface area contributed by atoms with Gasteiger partial charge in [-0.2, -0.15) is 0 Å². The number of rotatable bonds is 13. The summed E-state index contributed by atoms with van der Waals surface area (Å²) in [4.78, 5) is 26.5. The average Bonchev–Trinajstić information content (AvgIpc) is 3.02. The van der Waals surface area contributed by atoms with Gasteiger partial charge in [-0.3, -0.25) is 0 Å². The summed E-state index contributed by atoms with van der Waals surface area (Å²) in [6.07, 6.45) is 1.93. The van der Waals surface area contributed by atoms with Crippen molar-refractivity contribution in [1.82, 2.24) is 0 Å². The van der Waals surface area contributed by atoms with Crippen molar-refractivity contribution in [2.75, 3.05) is 0 Å². The fourth-order valence-electron chi connectivity index (χ4n) is 5.40. The summed E-state index contributed by atoms with van der Waals surface area (Å²) in [6, 6.07) is 38.8. The van der Waals surface area contributed by atoms with Crippen molar-refractivity contribution >= 4 is 11.9 Å². The second-order valence-electron chi connectivity index (χ2n) is 10.1. The average molecular weight is 535 g/mol. The Balaban J connectivity index is 1.71. The summed E-state index contributed by atoms with van der Waals surface area (Å²) in [5.74, 6) is -0.848. The van der Waals surface area contributed by atoms with E-state index >= 15 is 0 Å². The summed E-state index contributed by atoms with van der Waals surface area (Å²) in [7, 11) is 0. The summed E-state index contributed by atoms with van der Waals surface area (Å²) < 4.78 is 12.5. The first-order valence-corrected chi connectivity index (χ1v) is 14.2. The third-order valence-corrected chi connectivity index (χ3v) is 7.47. The van der Waals surface area contributed by atoms with Crippen molar-refractivity contribution in [3.8, 4) is 0 Å². The molecule has 206 valence electrons. The van der Waals surface area contributed by atoms with E-state index in [2.05, 4.69) is 38.1 Å². The third kappa shape index (κ3) is 7.92. The molecule has 0 heterocycles. The van der Waals surface area contributed by atoms with Crippen molar-refractivity contribution in [2.24, 2.45) is 11.8 Å². The van der Waals surface area contributed by atoms with E-state index in [4.69, 9.17) is 9.47 Å². The molecule has 0 aliphatic heterocycles. The molecule has 0 aliphatic rings. The molecule has 0 aliphatic carbocycles. The highest BCUT2D eigenvalue weighted by molar-refractivity contribution is 5.90. The smallest absolute Gasteiger partial charge is 0.338 e. The topological polar surface area (TPSA) is 52.6 Å². The number of ether oxygens (including phenoxy) is 2. The molecule has 4 aromatic rings. The second-order valence-corrected chi connectivity index (χ2v) is 10.1. The molecule has 0 spiro atoms. The van der Waals surface area contributed by atoms with Gasteiger partial charge in [-0.1, -0.05) is 111 Å². The largest absolute Gasteiger partial charge is 0.458 e. The molecule has 4 atom stereocenters. The van der Waals surface area contributed by atoms with Crippen LogP contribution in [-0.2, 0) is 22.3 Å². The van der Waals surface area contributed by atoms with Crippen LogP contribution in [0.1, 0.15) is 58.5 Å². The van der Waals surface area contributed by atoms with Crippen LogP contribution in [0.3, 0.4) is 0 Å². The Morgan fingerprint density at radius 1 is 0.500 bits per heavy atom. The molecule has 0 bridgehead atoms. The predicted molar refractivity (Wildman–Crippen MR) is 159 cm³/mol. The van der Waals surface area contributed by atoms with E-state index in [1.165, 1.54) is 0 Å². The highest BCUT2D eigenvalue weighted by atomic mass is 16.6. The van der Waals surface area contributed by atoms with Crippen LogP contribution in [0.2, 0.25) is 0 Å². The van der Waals surface area contributed by atoms with Crippen LogP contribution in [0, 0.1) is 11.8 Å². The van der Waals surface area contributed by atoms with Gasteiger partial charge in [0.25, 0.3) is 0 Å². The van der Waals surface area contributed by atoms with E-state index in [1.54, 1.807) is 24.3 Å². The fourth-order valence-corrected chi connectivity index (χ4v) is 5.40. The minimum Gasteiger partial charge on any atom is -0.458 e. The monoisotopic (exact) mass is 534 g/mol. The maximum atomic E-state index is 13.2. The highest BCUT2D eigenvalue weighted by Crippen LogP contribution is 2.34. The Kier molecular flexibility index (Phi) is 10.7. The normalized spacial score (nSPS) is 13.9. The zero-order chi connectivity index (χ0) is 28.2. The zero-order valence-electron chi connectivity index (χ0n) is 23.3. The molecule has 40 heavy (non-hydrogen) atoms. The molecule has 4 unspecified atom stereocenters. The van der Waals surface area contributed by atoms with Crippen LogP contribution in [-0.4, -0.2) is 24.1 Å². The van der Waals surface area contributed by atoms with Gasteiger partial charge in [-0.05, 0) is 61.1 Å². The minimum atomic E-state index is -0.369. The van der Waals surface area contributed by atoms with Crippen LogP contribution >= 0.6 is 0 Å². The van der Waals surface area contributed by atoms with Gasteiger partial charge in [-0.25, -0.2) is 9.59 Å². The molecular formula is C36H38O4. The number of carbonyl (C=O) groups excluding carboxylic acids is 2. The number of benzene rings is 4. The Labute approximate surface area is 238 Å². The van der Waals surface area contributed by atoms with E-state index in [9.17, 15) is 9.59 Å². The molecule has 0 N–H and O–H groups in total. The van der Waals surface area contributed by atoms with Gasteiger partial charge >= 0.3 is 11.9 Å². The first kappa shape index (κ1) is 28.8. The van der Waals surface area contributed by atoms with E-state index in [-0.39, 0.29) is 36.0 Å². The van der Waals surface area contributed by atoms with Gasteiger partial charge in [0, 0.05) is 11.8 Å². The molecular weight excluding hydrogens is 496 g/mol. The molecule has 0 fully saturated rings. The molecule has 4 nitrogen and oxygen atoms in total. The fraction of sp³-hybridized carbons (Fsp3) is 0.278. The summed E-state index contributed by atoms with van der Waals surface area (Å²) in [5.41, 5.74) is 3.37. The Morgan fingerprint density at radius 2 is 0.800 bits per heavy atom. The van der Waals surface area contributed by atoms with E-state index in [1.807, 2.05) is 72.8 Å². The summed E-state index contributed by atoms with van der Waals surface area (Å²) in [6.45, 7) is 4.11. The summed E-state index contributed by atoms with van der Waals surface area (Å²) in [5, 5.41) is 0. The number of hydrogen-bond donors (Lipinski definition) is 0. The van der Waals surface area contributed by atoms with Gasteiger partial charge in [0.1, 0.15) is 12.2 Å².